The van der Waals surface area contributed by atoms with Crippen molar-refractivity contribution in [3.05, 3.63) is 11.8 Å². The molecule has 5 heterocycles. The second kappa shape index (κ2) is 13.9. The maximum atomic E-state index is 16.3. The number of fused-ring (bicyclic) bond motifs is 5. The number of halogens is 1. The molecule has 8 aliphatic rings. The van der Waals surface area contributed by atoms with Gasteiger partial charge in [0.25, 0.3) is 5.91 Å². The minimum Gasteiger partial charge on any atom is -0.374 e. The summed E-state index contributed by atoms with van der Waals surface area (Å²) in [7, 11) is 2.17. The van der Waals surface area contributed by atoms with Crippen molar-refractivity contribution in [2.24, 2.45) is 17.8 Å². The molecule has 0 aromatic heterocycles. The number of alkyl halides is 1. The summed E-state index contributed by atoms with van der Waals surface area (Å²) in [6.45, 7) is 9.50. The number of nitrogens with one attached hydrogen (secondary N) is 2. The monoisotopic (exact) mass is 656 g/mol. The number of likely N-dealkylation sites (N-methyl/N-ethyl adjacent to an activating group) is 1. The van der Waals surface area contributed by atoms with Crippen LogP contribution >= 0.6 is 0 Å². The Morgan fingerprint density at radius 2 is 1.66 bits per heavy atom. The number of Topliss-reactive ketones (excluding diaryl/α,β-unsaturated/α-hetero) is 1. The van der Waals surface area contributed by atoms with Gasteiger partial charge in [0.1, 0.15) is 6.17 Å². The van der Waals surface area contributed by atoms with E-state index in [1.165, 1.54) is 32.1 Å². The lowest BCUT2D eigenvalue weighted by molar-refractivity contribution is -0.209. The second-order valence-corrected chi connectivity index (χ2v) is 16.0. The zero-order valence-electron chi connectivity index (χ0n) is 28.4. The van der Waals surface area contributed by atoms with Crippen LogP contribution in [0.15, 0.2) is 11.8 Å². The molecule has 1 amide bonds. The molecule has 0 radical (unpaired) electrons. The molecule has 3 saturated carbocycles. The fourth-order valence-electron chi connectivity index (χ4n) is 10.7. The molecule has 7 fully saturated rings. The molecule has 262 valence electrons. The molecule has 11 atom stereocenters. The molecule has 3 aliphatic carbocycles. The minimum atomic E-state index is -1.21. The Kier molecular flexibility index (Phi) is 9.66. The standard InChI is InChI=1S/C36H57FN6O4/c1-40-15-17-42(18-16-40)13-6-9-38-32-27(37)19-25-33-35(32)47-31-20-24-23-7-2-3-8-29(23)46-30(24)21-28(31)43(33)22-26(34(25)44)36(45)39-10-14-41-11-4-5-12-41/h22-25,27-33,35,38H,2-21H2,1H3,(H,39,45). The van der Waals surface area contributed by atoms with E-state index in [0.717, 1.165) is 84.6 Å². The van der Waals surface area contributed by atoms with Crippen LogP contribution in [-0.2, 0) is 19.1 Å². The Bertz CT molecular complexity index is 1180. The first-order valence-electron chi connectivity index (χ1n) is 19.1. The number of rotatable bonds is 9. The van der Waals surface area contributed by atoms with Crippen molar-refractivity contribution in [1.29, 1.82) is 0 Å². The molecule has 4 saturated heterocycles. The Labute approximate surface area is 280 Å². The predicted molar refractivity (Wildman–Crippen MR) is 177 cm³/mol. The molecular weight excluding hydrogens is 599 g/mol. The van der Waals surface area contributed by atoms with Crippen molar-refractivity contribution in [2.75, 3.05) is 72.5 Å². The van der Waals surface area contributed by atoms with Gasteiger partial charge < -0.3 is 39.7 Å². The van der Waals surface area contributed by atoms with E-state index in [2.05, 4.69) is 37.3 Å². The van der Waals surface area contributed by atoms with Gasteiger partial charge in [-0.25, -0.2) is 4.39 Å². The molecule has 0 bridgehead atoms. The zero-order chi connectivity index (χ0) is 32.1. The van der Waals surface area contributed by atoms with Crippen molar-refractivity contribution in [3.8, 4) is 0 Å². The first-order chi connectivity index (χ1) is 22.9. The molecule has 0 spiro atoms. The predicted octanol–water partition coefficient (Wildman–Crippen LogP) is 1.79. The summed E-state index contributed by atoms with van der Waals surface area (Å²) in [6.07, 6.45) is 10.8. The summed E-state index contributed by atoms with van der Waals surface area (Å²) in [5.74, 6) is -0.0672. The van der Waals surface area contributed by atoms with Crippen LogP contribution < -0.4 is 10.6 Å². The largest absolute Gasteiger partial charge is 0.374 e. The lowest BCUT2D eigenvalue weighted by Gasteiger charge is -2.60. The molecule has 0 aromatic carbocycles. The SMILES string of the molecule is CN1CCN(CCCNC2C(F)CC3C(=O)C(C(=O)NCCN4CCCC4)=CN4C5CC6OC7CCCCC7C6CC5OC2C34)CC1. The topological polar surface area (TPSA) is 89.6 Å². The van der Waals surface area contributed by atoms with E-state index in [4.69, 9.17) is 9.47 Å². The number of ether oxygens (including phenoxy) is 2. The molecule has 0 aromatic rings. The number of carbonyl (C=O) groups is 2. The Hall–Kier alpha value is -1.63. The highest BCUT2D eigenvalue weighted by molar-refractivity contribution is 6.20. The first-order valence-corrected chi connectivity index (χ1v) is 19.1. The third kappa shape index (κ3) is 6.42. The van der Waals surface area contributed by atoms with Gasteiger partial charge in [-0.1, -0.05) is 12.8 Å². The second-order valence-electron chi connectivity index (χ2n) is 16.0. The van der Waals surface area contributed by atoms with Crippen molar-refractivity contribution < 1.29 is 23.5 Å². The van der Waals surface area contributed by atoms with Gasteiger partial charge in [-0.2, -0.15) is 0 Å². The van der Waals surface area contributed by atoms with E-state index in [-0.39, 0.29) is 48.0 Å². The third-order valence-corrected chi connectivity index (χ3v) is 13.2. The van der Waals surface area contributed by atoms with Gasteiger partial charge in [-0.3, -0.25) is 9.59 Å². The highest BCUT2D eigenvalue weighted by Crippen LogP contribution is 2.52. The van der Waals surface area contributed by atoms with Crippen molar-refractivity contribution in [2.45, 2.75) is 113 Å². The van der Waals surface area contributed by atoms with E-state index < -0.39 is 24.2 Å². The number of morpholine rings is 1. The number of hydrogen-bond donors (Lipinski definition) is 2. The normalized spacial score (nSPS) is 42.3. The first kappa shape index (κ1) is 32.6. The van der Waals surface area contributed by atoms with E-state index >= 15 is 4.39 Å². The van der Waals surface area contributed by atoms with Gasteiger partial charge in [0.2, 0.25) is 0 Å². The fraction of sp³-hybridized carbons (Fsp3) is 0.889. The molecule has 11 heteroatoms. The van der Waals surface area contributed by atoms with Crippen LogP contribution in [0.5, 0.6) is 0 Å². The summed E-state index contributed by atoms with van der Waals surface area (Å²) < 4.78 is 30.0. The van der Waals surface area contributed by atoms with Gasteiger partial charge in [-0.15, -0.1) is 0 Å². The minimum absolute atomic E-state index is 0.0229. The maximum Gasteiger partial charge on any atom is 0.256 e. The summed E-state index contributed by atoms with van der Waals surface area (Å²) in [6, 6.07) is -0.717. The van der Waals surface area contributed by atoms with Crippen LogP contribution in [0.3, 0.4) is 0 Å². The number of ketones is 1. The molecular formula is C36H57FN6O4. The van der Waals surface area contributed by atoms with Gasteiger partial charge in [0.05, 0.1) is 48.1 Å². The Morgan fingerprint density at radius 1 is 0.872 bits per heavy atom. The Morgan fingerprint density at radius 3 is 2.49 bits per heavy atom. The average Bonchev–Trinajstić information content (AvgIpc) is 3.73. The molecule has 11 unspecified atom stereocenters. The van der Waals surface area contributed by atoms with Gasteiger partial charge in [0.15, 0.2) is 5.78 Å². The number of likely N-dealkylation sites (tertiary alicyclic amines) is 1. The lowest BCUT2D eigenvalue weighted by Crippen LogP contribution is -2.73. The third-order valence-electron chi connectivity index (χ3n) is 13.2. The number of hydrogen-bond acceptors (Lipinski definition) is 9. The summed E-state index contributed by atoms with van der Waals surface area (Å²) in [5.41, 5.74) is 0.195. The Balaban J connectivity index is 1.01. The highest BCUT2D eigenvalue weighted by atomic mass is 19.1. The maximum absolute atomic E-state index is 16.3. The van der Waals surface area contributed by atoms with E-state index in [1.807, 2.05) is 6.20 Å². The highest BCUT2D eigenvalue weighted by Gasteiger charge is 2.61. The van der Waals surface area contributed by atoms with Crippen molar-refractivity contribution in [1.82, 2.24) is 30.2 Å². The smallest absolute Gasteiger partial charge is 0.256 e. The molecule has 47 heavy (non-hydrogen) atoms. The van der Waals surface area contributed by atoms with Crippen LogP contribution in [0, 0.1) is 17.8 Å². The number of nitrogens with zero attached hydrogens (tertiary/aromatic N) is 4. The molecule has 5 aliphatic heterocycles. The quantitative estimate of drug-likeness (QED) is 0.285. The average molecular weight is 657 g/mol. The molecule has 10 nitrogen and oxygen atoms in total. The number of piperazine rings is 1. The van der Waals surface area contributed by atoms with Crippen LogP contribution in [0.4, 0.5) is 4.39 Å². The molecule has 8 rings (SSSR count). The number of carbonyl (C=O) groups excluding carboxylic acids is 2. The van der Waals surface area contributed by atoms with Gasteiger partial charge in [-0.05, 0) is 96.4 Å². The van der Waals surface area contributed by atoms with Crippen molar-refractivity contribution >= 4 is 11.7 Å². The van der Waals surface area contributed by atoms with Crippen LogP contribution in [0.2, 0.25) is 0 Å². The van der Waals surface area contributed by atoms with E-state index in [1.54, 1.807) is 0 Å². The summed E-state index contributed by atoms with van der Waals surface area (Å²) in [4.78, 5) is 37.1. The summed E-state index contributed by atoms with van der Waals surface area (Å²) >= 11 is 0. The lowest BCUT2D eigenvalue weighted by atomic mass is 9.67. The molecule has 2 N–H and O–H groups in total. The van der Waals surface area contributed by atoms with Crippen LogP contribution in [-0.4, -0.2) is 152 Å². The summed E-state index contributed by atoms with van der Waals surface area (Å²) in [5, 5.41) is 6.63. The van der Waals surface area contributed by atoms with Crippen LogP contribution in [0.1, 0.15) is 64.2 Å². The van der Waals surface area contributed by atoms with Crippen LogP contribution in [0.25, 0.3) is 0 Å². The van der Waals surface area contributed by atoms with E-state index in [0.29, 0.717) is 24.5 Å². The fourth-order valence-corrected chi connectivity index (χ4v) is 10.7. The van der Waals surface area contributed by atoms with Crippen molar-refractivity contribution in [3.63, 3.8) is 0 Å². The zero-order valence-corrected chi connectivity index (χ0v) is 28.4. The van der Waals surface area contributed by atoms with E-state index in [9.17, 15) is 9.59 Å². The van der Waals surface area contributed by atoms with Gasteiger partial charge in [0, 0.05) is 51.4 Å². The van der Waals surface area contributed by atoms with Gasteiger partial charge >= 0.3 is 0 Å². The number of amides is 1.